The third kappa shape index (κ3) is 2.02. The molecule has 0 spiro atoms. The fourth-order valence-corrected chi connectivity index (χ4v) is 1.35. The number of carbonyl (C=O) groups excluding carboxylic acids is 1. The fourth-order valence-electron chi connectivity index (χ4n) is 0.631. The van der Waals surface area contributed by atoms with Gasteiger partial charge in [-0.2, -0.15) is 0 Å². The van der Waals surface area contributed by atoms with Crippen molar-refractivity contribution in [3.63, 3.8) is 0 Å². The van der Waals surface area contributed by atoms with Gasteiger partial charge >= 0.3 is 0 Å². The predicted molar refractivity (Wildman–Crippen MR) is 42.7 cm³/mol. The maximum absolute atomic E-state index is 10.7. The Morgan fingerprint density at radius 3 is 2.67 bits per heavy atom. The van der Waals surface area contributed by atoms with E-state index in [1.165, 1.54) is 12.3 Å². The van der Waals surface area contributed by atoms with Gasteiger partial charge < -0.3 is 0 Å². The molecule has 12 heavy (non-hydrogen) atoms. The van der Waals surface area contributed by atoms with Crippen LogP contribution in [0.4, 0.5) is 0 Å². The minimum absolute atomic E-state index is 0.226. The molecule has 64 valence electrons. The van der Waals surface area contributed by atoms with Crippen molar-refractivity contribution in [2.24, 2.45) is 0 Å². The SMILES string of the molecule is O=Cc1ccnc(S(=O)(=O)Cl)c1. The molecule has 0 saturated heterocycles. The molecule has 0 aromatic carbocycles. The van der Waals surface area contributed by atoms with Crippen molar-refractivity contribution in [2.75, 3.05) is 0 Å². The van der Waals surface area contributed by atoms with Gasteiger partial charge in [-0.15, -0.1) is 0 Å². The van der Waals surface area contributed by atoms with Gasteiger partial charge in [0, 0.05) is 22.4 Å². The zero-order valence-electron chi connectivity index (χ0n) is 5.77. The summed E-state index contributed by atoms with van der Waals surface area (Å²) in [4.78, 5) is 13.7. The average molecular weight is 206 g/mol. The molecule has 1 aromatic heterocycles. The number of carbonyl (C=O) groups is 1. The lowest BCUT2D eigenvalue weighted by molar-refractivity contribution is 0.112. The van der Waals surface area contributed by atoms with E-state index in [1.807, 2.05) is 0 Å². The van der Waals surface area contributed by atoms with E-state index < -0.39 is 9.05 Å². The van der Waals surface area contributed by atoms with Crippen LogP contribution in [-0.2, 0) is 9.05 Å². The molecule has 0 aliphatic heterocycles. The van der Waals surface area contributed by atoms with E-state index in [2.05, 4.69) is 4.98 Å². The van der Waals surface area contributed by atoms with Crippen LogP contribution in [0.3, 0.4) is 0 Å². The molecule has 0 aliphatic rings. The van der Waals surface area contributed by atoms with E-state index in [9.17, 15) is 13.2 Å². The van der Waals surface area contributed by atoms with Crippen LogP contribution in [0, 0.1) is 0 Å². The first-order chi connectivity index (χ1) is 5.54. The highest BCUT2D eigenvalue weighted by Gasteiger charge is 2.11. The van der Waals surface area contributed by atoms with Crippen LogP contribution in [-0.4, -0.2) is 19.7 Å². The predicted octanol–water partition coefficient (Wildman–Crippen LogP) is 0.822. The molecule has 0 radical (unpaired) electrons. The minimum Gasteiger partial charge on any atom is -0.298 e. The number of hydrogen-bond donors (Lipinski definition) is 0. The highest BCUT2D eigenvalue weighted by molar-refractivity contribution is 8.13. The van der Waals surface area contributed by atoms with Crippen molar-refractivity contribution in [3.8, 4) is 0 Å². The Balaban J connectivity index is 3.29. The number of pyridine rings is 1. The van der Waals surface area contributed by atoms with Gasteiger partial charge in [0.1, 0.15) is 6.29 Å². The van der Waals surface area contributed by atoms with E-state index in [1.54, 1.807) is 0 Å². The molecule has 0 amide bonds. The molecular weight excluding hydrogens is 202 g/mol. The Morgan fingerprint density at radius 2 is 2.17 bits per heavy atom. The largest absolute Gasteiger partial charge is 0.298 e. The molecule has 1 heterocycles. The Kier molecular flexibility index (Phi) is 2.44. The molecule has 0 saturated carbocycles. The van der Waals surface area contributed by atoms with Crippen molar-refractivity contribution in [2.45, 2.75) is 5.03 Å². The molecule has 0 fully saturated rings. The molecule has 1 rings (SSSR count). The zero-order valence-corrected chi connectivity index (χ0v) is 7.34. The first-order valence-corrected chi connectivity index (χ1v) is 5.21. The highest BCUT2D eigenvalue weighted by atomic mass is 35.7. The summed E-state index contributed by atoms with van der Waals surface area (Å²) in [5.74, 6) is 0. The lowest BCUT2D eigenvalue weighted by Crippen LogP contribution is -1.95. The average Bonchev–Trinajstić information content (AvgIpc) is 2.03. The standard InChI is InChI=1S/C6H4ClNO3S/c7-12(10,11)6-3-5(4-9)1-2-8-6/h1-4H. The summed E-state index contributed by atoms with van der Waals surface area (Å²) >= 11 is 0. The summed E-state index contributed by atoms with van der Waals surface area (Å²) in [6.07, 6.45) is 1.73. The lowest BCUT2D eigenvalue weighted by Gasteiger charge is -1.94. The summed E-state index contributed by atoms with van der Waals surface area (Å²) in [5, 5.41) is -0.311. The highest BCUT2D eigenvalue weighted by Crippen LogP contribution is 2.11. The maximum Gasteiger partial charge on any atom is 0.278 e. The molecule has 0 unspecified atom stereocenters. The summed E-state index contributed by atoms with van der Waals surface area (Å²) in [5.41, 5.74) is 0.226. The van der Waals surface area contributed by atoms with Gasteiger partial charge in [0.15, 0.2) is 5.03 Å². The molecular formula is C6H4ClNO3S. The topological polar surface area (TPSA) is 64.1 Å². The molecule has 0 aliphatic carbocycles. The van der Waals surface area contributed by atoms with E-state index in [0.717, 1.165) is 6.07 Å². The smallest absolute Gasteiger partial charge is 0.278 e. The Bertz CT molecular complexity index is 401. The molecule has 6 heteroatoms. The quantitative estimate of drug-likeness (QED) is 0.530. The molecule has 0 N–H and O–H groups in total. The molecule has 0 bridgehead atoms. The number of hydrogen-bond acceptors (Lipinski definition) is 4. The number of nitrogens with zero attached hydrogens (tertiary/aromatic N) is 1. The summed E-state index contributed by atoms with van der Waals surface area (Å²) in [6.45, 7) is 0. The second kappa shape index (κ2) is 3.20. The van der Waals surface area contributed by atoms with Crippen LogP contribution in [0.15, 0.2) is 23.4 Å². The van der Waals surface area contributed by atoms with Gasteiger partial charge in [-0.05, 0) is 12.1 Å². The minimum atomic E-state index is -3.83. The third-order valence-electron chi connectivity index (χ3n) is 1.14. The first kappa shape index (κ1) is 9.15. The van der Waals surface area contributed by atoms with Crippen LogP contribution in [0.5, 0.6) is 0 Å². The van der Waals surface area contributed by atoms with Crippen LogP contribution < -0.4 is 0 Å². The van der Waals surface area contributed by atoms with Gasteiger partial charge in [0.05, 0.1) is 0 Å². The van der Waals surface area contributed by atoms with Gasteiger partial charge in [-0.25, -0.2) is 13.4 Å². The normalized spacial score (nSPS) is 11.1. The molecule has 0 atom stereocenters. The first-order valence-electron chi connectivity index (χ1n) is 2.90. The van der Waals surface area contributed by atoms with Gasteiger partial charge in [-0.3, -0.25) is 4.79 Å². The van der Waals surface area contributed by atoms with E-state index in [4.69, 9.17) is 10.7 Å². The van der Waals surface area contributed by atoms with Crippen LogP contribution in [0.25, 0.3) is 0 Å². The Morgan fingerprint density at radius 1 is 1.50 bits per heavy atom. The van der Waals surface area contributed by atoms with Crippen LogP contribution in [0.2, 0.25) is 0 Å². The second-order valence-electron chi connectivity index (χ2n) is 1.98. The van der Waals surface area contributed by atoms with Gasteiger partial charge in [-0.1, -0.05) is 0 Å². The third-order valence-corrected chi connectivity index (χ3v) is 2.34. The van der Waals surface area contributed by atoms with Crippen molar-refractivity contribution < 1.29 is 13.2 Å². The van der Waals surface area contributed by atoms with E-state index >= 15 is 0 Å². The lowest BCUT2D eigenvalue weighted by atomic mass is 10.3. The number of aldehydes is 1. The van der Waals surface area contributed by atoms with Crippen molar-refractivity contribution in [1.82, 2.24) is 4.98 Å². The van der Waals surface area contributed by atoms with Crippen molar-refractivity contribution in [1.29, 1.82) is 0 Å². The zero-order chi connectivity index (χ0) is 9.19. The fraction of sp³-hybridized carbons (Fsp3) is 0. The van der Waals surface area contributed by atoms with Gasteiger partial charge in [0.25, 0.3) is 9.05 Å². The Labute approximate surface area is 73.6 Å². The molecule has 1 aromatic rings. The van der Waals surface area contributed by atoms with Gasteiger partial charge in [0.2, 0.25) is 0 Å². The number of halogens is 1. The van der Waals surface area contributed by atoms with Crippen molar-refractivity contribution in [3.05, 3.63) is 23.9 Å². The monoisotopic (exact) mass is 205 g/mol. The van der Waals surface area contributed by atoms with Crippen LogP contribution >= 0.6 is 10.7 Å². The van der Waals surface area contributed by atoms with E-state index in [0.29, 0.717) is 6.29 Å². The Hall–Kier alpha value is -0.940. The number of aromatic nitrogens is 1. The number of rotatable bonds is 2. The summed E-state index contributed by atoms with van der Waals surface area (Å²) in [7, 11) is 1.15. The summed E-state index contributed by atoms with van der Waals surface area (Å²) < 4.78 is 21.4. The molecule has 4 nitrogen and oxygen atoms in total. The van der Waals surface area contributed by atoms with Crippen molar-refractivity contribution >= 4 is 26.0 Å². The maximum atomic E-state index is 10.7. The van der Waals surface area contributed by atoms with E-state index in [-0.39, 0.29) is 10.6 Å². The summed E-state index contributed by atoms with van der Waals surface area (Å²) in [6, 6.07) is 2.49. The van der Waals surface area contributed by atoms with Crippen LogP contribution in [0.1, 0.15) is 10.4 Å². The second-order valence-corrected chi connectivity index (χ2v) is 4.50.